The van der Waals surface area contributed by atoms with Crippen molar-refractivity contribution in [3.05, 3.63) is 77.9 Å². The fraction of sp³-hybridized carbons (Fsp3) is 0.355. The summed E-state index contributed by atoms with van der Waals surface area (Å²) in [5, 5.41) is 11.7. The molecule has 1 saturated carbocycles. The number of nitrogens with zero attached hydrogens (tertiary/aromatic N) is 4. The largest absolute Gasteiger partial charge is 0.493 e. The minimum atomic E-state index is -0.953. The summed E-state index contributed by atoms with van der Waals surface area (Å²) >= 11 is 0. The minimum Gasteiger partial charge on any atom is -0.493 e. The zero-order valence-corrected chi connectivity index (χ0v) is 23.2. The Morgan fingerprint density at radius 3 is 2.50 bits per heavy atom. The second-order valence-corrected chi connectivity index (χ2v) is 10.2. The molecular formula is C31H35N5O4. The van der Waals surface area contributed by atoms with E-state index >= 15 is 0 Å². The fourth-order valence-corrected chi connectivity index (χ4v) is 5.42. The fourth-order valence-electron chi connectivity index (χ4n) is 5.42. The van der Waals surface area contributed by atoms with Gasteiger partial charge in [-0.05, 0) is 67.3 Å². The summed E-state index contributed by atoms with van der Waals surface area (Å²) in [4.78, 5) is 30.0. The van der Waals surface area contributed by atoms with Gasteiger partial charge < -0.3 is 14.8 Å². The highest BCUT2D eigenvalue weighted by atomic mass is 16.5. The highest BCUT2D eigenvalue weighted by Gasteiger charge is 2.35. The lowest BCUT2D eigenvalue weighted by atomic mass is 9.94. The standard InChI is InChI=1S/C31H35N5O4/c1-21-10-9-13-24(18-21)36(29(37)20-35-26-15-8-7-14-25(26)33-34-35)30(31(38)32-23-11-5-4-6-12-23)22-16-17-27(39-2)28(19-22)40-3/h7-10,13-19,23,30H,4-6,11-12,20H2,1-3H3,(H,32,38). The Bertz CT molecular complexity index is 1490. The lowest BCUT2D eigenvalue weighted by Crippen LogP contribution is -2.48. The predicted molar refractivity (Wildman–Crippen MR) is 153 cm³/mol. The average Bonchev–Trinajstić information content (AvgIpc) is 3.38. The first kappa shape index (κ1) is 27.2. The van der Waals surface area contributed by atoms with E-state index in [1.54, 1.807) is 35.9 Å². The van der Waals surface area contributed by atoms with Crippen LogP contribution in [-0.4, -0.2) is 47.1 Å². The molecule has 3 aromatic carbocycles. The molecule has 208 valence electrons. The molecule has 1 aromatic heterocycles. The highest BCUT2D eigenvalue weighted by Crippen LogP contribution is 2.35. The Morgan fingerprint density at radius 2 is 1.75 bits per heavy atom. The number of anilines is 1. The van der Waals surface area contributed by atoms with Crippen LogP contribution >= 0.6 is 0 Å². The van der Waals surface area contributed by atoms with Crippen molar-refractivity contribution in [1.29, 1.82) is 0 Å². The molecule has 5 rings (SSSR count). The molecule has 1 aliphatic rings. The Kier molecular flexibility index (Phi) is 8.28. The molecule has 0 saturated heterocycles. The normalized spacial score (nSPS) is 14.5. The quantitative estimate of drug-likeness (QED) is 0.321. The van der Waals surface area contributed by atoms with Crippen LogP contribution < -0.4 is 19.7 Å². The van der Waals surface area contributed by atoms with E-state index in [-0.39, 0.29) is 24.4 Å². The molecule has 0 spiro atoms. The molecule has 40 heavy (non-hydrogen) atoms. The summed E-state index contributed by atoms with van der Waals surface area (Å²) in [6.45, 7) is 1.87. The second-order valence-electron chi connectivity index (χ2n) is 10.2. The van der Waals surface area contributed by atoms with Crippen LogP contribution in [0, 0.1) is 6.92 Å². The molecular weight excluding hydrogens is 506 g/mol. The maximum absolute atomic E-state index is 14.3. The van der Waals surface area contributed by atoms with Crippen LogP contribution in [0.15, 0.2) is 66.7 Å². The zero-order chi connectivity index (χ0) is 28.1. The average molecular weight is 542 g/mol. The molecule has 0 aliphatic heterocycles. The van der Waals surface area contributed by atoms with E-state index in [4.69, 9.17) is 9.47 Å². The number of methoxy groups -OCH3 is 2. The summed E-state index contributed by atoms with van der Waals surface area (Å²) in [7, 11) is 3.12. The van der Waals surface area contributed by atoms with Gasteiger partial charge in [-0.15, -0.1) is 5.10 Å². The van der Waals surface area contributed by atoms with Gasteiger partial charge in [-0.1, -0.05) is 54.8 Å². The number of hydrogen-bond donors (Lipinski definition) is 1. The van der Waals surface area contributed by atoms with Gasteiger partial charge in [0.15, 0.2) is 11.5 Å². The first-order valence-corrected chi connectivity index (χ1v) is 13.7. The number of amides is 2. The van der Waals surface area contributed by atoms with E-state index < -0.39 is 6.04 Å². The van der Waals surface area contributed by atoms with Crippen LogP contribution in [-0.2, 0) is 16.1 Å². The lowest BCUT2D eigenvalue weighted by molar-refractivity contribution is -0.127. The van der Waals surface area contributed by atoms with E-state index in [9.17, 15) is 9.59 Å². The Balaban J connectivity index is 1.60. The van der Waals surface area contributed by atoms with Gasteiger partial charge in [-0.25, -0.2) is 4.68 Å². The number of para-hydroxylation sites is 1. The topological polar surface area (TPSA) is 98.6 Å². The van der Waals surface area contributed by atoms with Crippen LogP contribution in [0.2, 0.25) is 0 Å². The Labute approximate surface area is 234 Å². The maximum Gasteiger partial charge on any atom is 0.249 e. The summed E-state index contributed by atoms with van der Waals surface area (Å²) in [5.74, 6) is 0.492. The summed E-state index contributed by atoms with van der Waals surface area (Å²) in [6.07, 6.45) is 5.17. The van der Waals surface area contributed by atoms with Crippen LogP contribution in [0.1, 0.15) is 49.3 Å². The van der Waals surface area contributed by atoms with Gasteiger partial charge >= 0.3 is 0 Å². The monoisotopic (exact) mass is 541 g/mol. The van der Waals surface area contributed by atoms with E-state index in [0.29, 0.717) is 28.3 Å². The van der Waals surface area contributed by atoms with Crippen molar-refractivity contribution in [2.45, 2.75) is 57.7 Å². The van der Waals surface area contributed by atoms with E-state index in [2.05, 4.69) is 15.6 Å². The van der Waals surface area contributed by atoms with Crippen molar-refractivity contribution in [3.63, 3.8) is 0 Å². The zero-order valence-electron chi connectivity index (χ0n) is 23.2. The Morgan fingerprint density at radius 1 is 0.975 bits per heavy atom. The molecule has 9 nitrogen and oxygen atoms in total. The van der Waals surface area contributed by atoms with E-state index in [0.717, 1.165) is 36.8 Å². The number of hydrogen-bond acceptors (Lipinski definition) is 6. The molecule has 1 heterocycles. The number of benzene rings is 3. The van der Waals surface area contributed by atoms with Crippen LogP contribution in [0.4, 0.5) is 5.69 Å². The van der Waals surface area contributed by atoms with Crippen molar-refractivity contribution >= 4 is 28.5 Å². The van der Waals surface area contributed by atoms with Crippen molar-refractivity contribution in [2.24, 2.45) is 0 Å². The van der Waals surface area contributed by atoms with Crippen molar-refractivity contribution in [3.8, 4) is 11.5 Å². The van der Waals surface area contributed by atoms with Crippen molar-refractivity contribution < 1.29 is 19.1 Å². The number of carbonyl (C=O) groups excluding carboxylic acids is 2. The van der Waals surface area contributed by atoms with Crippen LogP contribution in [0.5, 0.6) is 11.5 Å². The predicted octanol–water partition coefficient (Wildman–Crippen LogP) is 4.98. The molecule has 9 heteroatoms. The summed E-state index contributed by atoms with van der Waals surface area (Å²) < 4.78 is 12.6. The molecule has 4 aromatic rings. The van der Waals surface area contributed by atoms with Crippen LogP contribution in [0.3, 0.4) is 0 Å². The molecule has 0 bridgehead atoms. The van der Waals surface area contributed by atoms with Crippen molar-refractivity contribution in [2.75, 3.05) is 19.1 Å². The number of rotatable bonds is 9. The smallest absolute Gasteiger partial charge is 0.249 e. The minimum absolute atomic E-state index is 0.0672. The van der Waals surface area contributed by atoms with Gasteiger partial charge in [-0.3, -0.25) is 14.5 Å². The first-order valence-electron chi connectivity index (χ1n) is 13.7. The number of nitrogens with one attached hydrogen (secondary N) is 1. The number of aryl methyl sites for hydroxylation is 1. The van der Waals surface area contributed by atoms with Gasteiger partial charge in [0, 0.05) is 11.7 Å². The van der Waals surface area contributed by atoms with Gasteiger partial charge in [-0.2, -0.15) is 0 Å². The number of fused-ring (bicyclic) bond motifs is 1. The van der Waals surface area contributed by atoms with Crippen molar-refractivity contribution in [1.82, 2.24) is 20.3 Å². The summed E-state index contributed by atoms with van der Waals surface area (Å²) in [6, 6.07) is 19.6. The van der Waals surface area contributed by atoms with E-state index in [1.807, 2.05) is 61.5 Å². The SMILES string of the molecule is COc1ccc(C(C(=O)NC2CCCCC2)N(C(=O)Cn2nnc3ccccc32)c2cccc(C)c2)cc1OC. The molecule has 0 radical (unpaired) electrons. The number of aromatic nitrogens is 3. The molecule has 2 amide bonds. The maximum atomic E-state index is 14.3. The Hall–Kier alpha value is -4.40. The van der Waals surface area contributed by atoms with Gasteiger partial charge in [0.05, 0.1) is 19.7 Å². The van der Waals surface area contributed by atoms with Gasteiger partial charge in [0.25, 0.3) is 0 Å². The molecule has 1 unspecified atom stereocenters. The molecule has 1 fully saturated rings. The third-order valence-electron chi connectivity index (χ3n) is 7.44. The van der Waals surface area contributed by atoms with Crippen LogP contribution in [0.25, 0.3) is 11.0 Å². The summed E-state index contributed by atoms with van der Waals surface area (Å²) in [5.41, 5.74) is 3.65. The third kappa shape index (κ3) is 5.78. The second kappa shape index (κ2) is 12.2. The third-order valence-corrected chi connectivity index (χ3v) is 7.44. The van der Waals surface area contributed by atoms with E-state index in [1.165, 1.54) is 6.42 Å². The molecule has 1 atom stereocenters. The number of carbonyl (C=O) groups is 2. The number of ether oxygens (including phenoxy) is 2. The first-order chi connectivity index (χ1) is 19.5. The van der Waals surface area contributed by atoms with Gasteiger partial charge in [0.2, 0.25) is 11.8 Å². The molecule has 1 aliphatic carbocycles. The highest BCUT2D eigenvalue weighted by molar-refractivity contribution is 6.01. The van der Waals surface area contributed by atoms with Gasteiger partial charge in [0.1, 0.15) is 18.1 Å². The molecule has 1 N–H and O–H groups in total. The lowest BCUT2D eigenvalue weighted by Gasteiger charge is -2.34.